The van der Waals surface area contributed by atoms with Crippen molar-refractivity contribution in [2.45, 2.75) is 59.3 Å². The Morgan fingerprint density at radius 1 is 0.741 bits per heavy atom. The molecule has 8 nitrogen and oxygen atoms in total. The molecule has 0 bridgehead atoms. The second-order valence-electron chi connectivity index (χ2n) is 5.78. The fraction of sp³-hybridized carbons (Fsp3) is 0.474. The molecule has 0 unspecified atom stereocenters. The van der Waals surface area contributed by atoms with Crippen LogP contribution in [0.3, 0.4) is 0 Å². The molecule has 0 saturated heterocycles. The van der Waals surface area contributed by atoms with Crippen LogP contribution in [0, 0.1) is 0 Å². The van der Waals surface area contributed by atoms with Crippen LogP contribution in [0.2, 0.25) is 0 Å². The van der Waals surface area contributed by atoms with Crippen molar-refractivity contribution in [2.24, 2.45) is 0 Å². The lowest BCUT2D eigenvalue weighted by atomic mass is 10.1. The second-order valence-corrected chi connectivity index (χ2v) is 5.78. The maximum absolute atomic E-state index is 11.9. The summed E-state index contributed by atoms with van der Waals surface area (Å²) in [5.41, 5.74) is -0.274. The van der Waals surface area contributed by atoms with Crippen LogP contribution < -0.4 is 14.2 Å². The van der Waals surface area contributed by atoms with E-state index in [1.165, 1.54) is 0 Å². The molecule has 0 amide bonds. The Hall–Kier alpha value is -2.90. The van der Waals surface area contributed by atoms with E-state index in [0.29, 0.717) is 19.3 Å². The molecule has 0 aliphatic heterocycles. The maximum Gasteiger partial charge on any atom is 0.335 e. The molecule has 0 spiro atoms. The minimum absolute atomic E-state index is 0.0879. The van der Waals surface area contributed by atoms with Gasteiger partial charge in [0.1, 0.15) is 0 Å². The van der Waals surface area contributed by atoms with Gasteiger partial charge in [0.15, 0.2) is 11.5 Å². The van der Waals surface area contributed by atoms with Crippen LogP contribution in [0.5, 0.6) is 17.2 Å². The van der Waals surface area contributed by atoms with Gasteiger partial charge in [-0.05, 0) is 31.4 Å². The van der Waals surface area contributed by atoms with Gasteiger partial charge in [0.05, 0.1) is 5.56 Å². The number of carbonyl (C=O) groups is 4. The Morgan fingerprint density at radius 3 is 1.44 bits per heavy atom. The summed E-state index contributed by atoms with van der Waals surface area (Å²) < 4.78 is 15.6. The number of esters is 3. The molecule has 1 N–H and O–H groups in total. The van der Waals surface area contributed by atoms with Crippen LogP contribution in [0.15, 0.2) is 12.1 Å². The van der Waals surface area contributed by atoms with Gasteiger partial charge in [-0.3, -0.25) is 14.4 Å². The molecule has 0 aliphatic carbocycles. The molecule has 0 aromatic heterocycles. The summed E-state index contributed by atoms with van der Waals surface area (Å²) in [5.74, 6) is -4.04. The quantitative estimate of drug-likeness (QED) is 0.484. The number of rotatable bonds is 10. The molecule has 0 saturated carbocycles. The molecule has 148 valence electrons. The smallest absolute Gasteiger partial charge is 0.335 e. The first-order valence-electron chi connectivity index (χ1n) is 8.85. The average molecular weight is 380 g/mol. The van der Waals surface area contributed by atoms with E-state index in [4.69, 9.17) is 14.2 Å². The maximum atomic E-state index is 11.9. The normalized spacial score (nSPS) is 10.2. The number of carbonyl (C=O) groups excluding carboxylic acids is 3. The highest BCUT2D eigenvalue weighted by atomic mass is 16.6. The minimum Gasteiger partial charge on any atom is -0.478 e. The third-order valence-electron chi connectivity index (χ3n) is 3.29. The standard InChI is InChI=1S/C19H24O8/c1-4-7-15(20)25-13-10-12(19(23)24)11-14(26-16(21)8-5-2)18(13)27-17(22)9-6-3/h10-11H,4-9H2,1-3H3,(H,23,24). The van der Waals surface area contributed by atoms with Crippen LogP contribution in [0.1, 0.15) is 69.7 Å². The lowest BCUT2D eigenvalue weighted by Crippen LogP contribution is -2.15. The highest BCUT2D eigenvalue weighted by molar-refractivity contribution is 5.91. The van der Waals surface area contributed by atoms with Crippen LogP contribution >= 0.6 is 0 Å². The molecule has 27 heavy (non-hydrogen) atoms. The van der Waals surface area contributed by atoms with Gasteiger partial charge in [0, 0.05) is 19.3 Å². The van der Waals surface area contributed by atoms with Gasteiger partial charge < -0.3 is 19.3 Å². The number of hydrogen-bond donors (Lipinski definition) is 1. The van der Waals surface area contributed by atoms with Crippen molar-refractivity contribution in [1.82, 2.24) is 0 Å². The highest BCUT2D eigenvalue weighted by Crippen LogP contribution is 2.40. The lowest BCUT2D eigenvalue weighted by Gasteiger charge is -2.15. The summed E-state index contributed by atoms with van der Waals surface area (Å²) in [6.45, 7) is 5.32. The van der Waals surface area contributed by atoms with Crippen LogP contribution in [-0.4, -0.2) is 29.0 Å². The van der Waals surface area contributed by atoms with E-state index in [0.717, 1.165) is 12.1 Å². The van der Waals surface area contributed by atoms with E-state index < -0.39 is 23.9 Å². The zero-order valence-electron chi connectivity index (χ0n) is 15.7. The Kier molecular flexibility index (Phi) is 8.98. The summed E-state index contributed by atoms with van der Waals surface area (Å²) in [6.07, 6.45) is 1.81. The van der Waals surface area contributed by atoms with E-state index >= 15 is 0 Å². The highest BCUT2D eigenvalue weighted by Gasteiger charge is 2.24. The number of benzene rings is 1. The molecule has 0 atom stereocenters. The molecular formula is C19H24O8. The summed E-state index contributed by atoms with van der Waals surface area (Å²) in [7, 11) is 0. The summed E-state index contributed by atoms with van der Waals surface area (Å²) in [5, 5.41) is 9.28. The third kappa shape index (κ3) is 7.08. The molecule has 8 heteroatoms. The van der Waals surface area contributed by atoms with E-state index in [9.17, 15) is 24.3 Å². The minimum atomic E-state index is -1.32. The fourth-order valence-corrected chi connectivity index (χ4v) is 2.08. The largest absolute Gasteiger partial charge is 0.478 e. The first-order valence-corrected chi connectivity index (χ1v) is 8.85. The van der Waals surface area contributed by atoms with E-state index in [1.54, 1.807) is 20.8 Å². The predicted molar refractivity (Wildman–Crippen MR) is 95.0 cm³/mol. The number of carboxylic acid groups (broad SMARTS) is 1. The van der Waals surface area contributed by atoms with Crippen LogP contribution in [0.4, 0.5) is 0 Å². The average Bonchev–Trinajstić information content (AvgIpc) is 2.57. The van der Waals surface area contributed by atoms with Gasteiger partial charge in [0.2, 0.25) is 5.75 Å². The van der Waals surface area contributed by atoms with Crippen molar-refractivity contribution >= 4 is 23.9 Å². The number of aromatic carboxylic acids is 1. The number of carboxylic acids is 1. The second kappa shape index (κ2) is 10.9. The first-order chi connectivity index (χ1) is 12.8. The topological polar surface area (TPSA) is 116 Å². The van der Waals surface area contributed by atoms with Crippen molar-refractivity contribution in [3.05, 3.63) is 17.7 Å². The summed E-state index contributed by atoms with van der Waals surface area (Å²) in [4.78, 5) is 47.1. The molecule has 0 heterocycles. The monoisotopic (exact) mass is 380 g/mol. The molecular weight excluding hydrogens is 356 g/mol. The molecule has 1 aromatic carbocycles. The van der Waals surface area contributed by atoms with Gasteiger partial charge in [-0.25, -0.2) is 4.79 Å². The van der Waals surface area contributed by atoms with E-state index in [-0.39, 0.29) is 42.1 Å². The number of hydrogen-bond acceptors (Lipinski definition) is 7. The fourth-order valence-electron chi connectivity index (χ4n) is 2.08. The van der Waals surface area contributed by atoms with Crippen molar-refractivity contribution in [3.8, 4) is 17.2 Å². The van der Waals surface area contributed by atoms with Crippen LogP contribution in [-0.2, 0) is 14.4 Å². The Balaban J connectivity index is 3.41. The number of ether oxygens (including phenoxy) is 3. The van der Waals surface area contributed by atoms with Gasteiger partial charge in [-0.15, -0.1) is 0 Å². The third-order valence-corrected chi connectivity index (χ3v) is 3.29. The van der Waals surface area contributed by atoms with Gasteiger partial charge >= 0.3 is 23.9 Å². The van der Waals surface area contributed by atoms with Crippen LogP contribution in [0.25, 0.3) is 0 Å². The van der Waals surface area contributed by atoms with Crippen molar-refractivity contribution in [1.29, 1.82) is 0 Å². The first kappa shape index (κ1) is 22.1. The Bertz CT molecular complexity index is 667. The zero-order chi connectivity index (χ0) is 20.4. The Labute approximate surface area is 157 Å². The molecule has 0 aliphatic rings. The molecule has 0 radical (unpaired) electrons. The summed E-state index contributed by atoms with van der Waals surface area (Å²) >= 11 is 0. The molecule has 1 aromatic rings. The van der Waals surface area contributed by atoms with Crippen molar-refractivity contribution in [2.75, 3.05) is 0 Å². The van der Waals surface area contributed by atoms with E-state index in [1.807, 2.05) is 0 Å². The summed E-state index contributed by atoms with van der Waals surface area (Å²) in [6, 6.07) is 2.11. The van der Waals surface area contributed by atoms with Gasteiger partial charge in [0.25, 0.3) is 0 Å². The van der Waals surface area contributed by atoms with Gasteiger partial charge in [-0.1, -0.05) is 20.8 Å². The van der Waals surface area contributed by atoms with Gasteiger partial charge in [-0.2, -0.15) is 0 Å². The molecule has 1 rings (SSSR count). The van der Waals surface area contributed by atoms with E-state index in [2.05, 4.69) is 0 Å². The molecule has 0 fully saturated rings. The lowest BCUT2D eigenvalue weighted by molar-refractivity contribution is -0.138. The van der Waals surface area contributed by atoms with Crippen molar-refractivity contribution < 1.29 is 38.5 Å². The van der Waals surface area contributed by atoms with Crippen molar-refractivity contribution in [3.63, 3.8) is 0 Å². The predicted octanol–water partition coefficient (Wildman–Crippen LogP) is 3.50. The SMILES string of the molecule is CCCC(=O)Oc1cc(C(=O)O)cc(OC(=O)CCC)c1OC(=O)CCC. The zero-order valence-corrected chi connectivity index (χ0v) is 15.7. The Morgan fingerprint density at radius 2 is 1.11 bits per heavy atom.